The summed E-state index contributed by atoms with van der Waals surface area (Å²) in [5.74, 6) is -3.17. The number of imide groups is 1. The SMILES string of the molecule is CCCCN1C(=O)[C@@H]2[C@@H](C1=O)[C@@]1(N[C@@H]2CCC(N)=O)C(=O)Nc2c(Cl)cccc21. The van der Waals surface area contributed by atoms with E-state index in [2.05, 4.69) is 10.6 Å². The van der Waals surface area contributed by atoms with Gasteiger partial charge in [-0.25, -0.2) is 0 Å². The molecular weight excluding hydrogens is 396 g/mol. The van der Waals surface area contributed by atoms with E-state index in [1.54, 1.807) is 18.2 Å². The molecule has 2 fully saturated rings. The number of amides is 4. The van der Waals surface area contributed by atoms with E-state index in [1.165, 1.54) is 4.90 Å². The molecular formula is C20H23ClN4O4. The van der Waals surface area contributed by atoms with Gasteiger partial charge in [-0.1, -0.05) is 37.1 Å². The van der Waals surface area contributed by atoms with Crippen molar-refractivity contribution in [2.24, 2.45) is 17.6 Å². The number of nitrogens with two attached hydrogens (primary N) is 1. The van der Waals surface area contributed by atoms with Crippen LogP contribution in [0.15, 0.2) is 18.2 Å². The van der Waals surface area contributed by atoms with Crippen molar-refractivity contribution in [3.05, 3.63) is 28.8 Å². The minimum Gasteiger partial charge on any atom is -0.370 e. The quantitative estimate of drug-likeness (QED) is 0.598. The van der Waals surface area contributed by atoms with E-state index >= 15 is 0 Å². The molecule has 0 aromatic heterocycles. The summed E-state index contributed by atoms with van der Waals surface area (Å²) in [4.78, 5) is 52.4. The molecule has 0 unspecified atom stereocenters. The molecule has 4 amide bonds. The van der Waals surface area contributed by atoms with Crippen LogP contribution in [0.4, 0.5) is 5.69 Å². The van der Waals surface area contributed by atoms with E-state index in [1.807, 2.05) is 6.92 Å². The van der Waals surface area contributed by atoms with Gasteiger partial charge in [-0.2, -0.15) is 0 Å². The average molecular weight is 419 g/mol. The van der Waals surface area contributed by atoms with Crippen LogP contribution in [-0.4, -0.2) is 41.1 Å². The molecule has 1 aromatic rings. The van der Waals surface area contributed by atoms with E-state index in [0.29, 0.717) is 29.2 Å². The highest BCUT2D eigenvalue weighted by Gasteiger charge is 2.70. The van der Waals surface area contributed by atoms with Crippen LogP contribution < -0.4 is 16.4 Å². The molecule has 1 spiro atoms. The molecule has 4 rings (SSSR count). The van der Waals surface area contributed by atoms with Crippen LogP contribution >= 0.6 is 11.6 Å². The van der Waals surface area contributed by atoms with Gasteiger partial charge < -0.3 is 11.1 Å². The molecule has 3 aliphatic rings. The van der Waals surface area contributed by atoms with Crippen molar-refractivity contribution in [1.82, 2.24) is 10.2 Å². The standard InChI is InChI=1S/C20H23ClN4O4/c1-2-3-9-25-17(27)14-12(7-8-13(22)26)24-20(15(14)18(25)28)10-5-4-6-11(21)16(10)23-19(20)29/h4-6,12,14-15,24H,2-3,7-9H2,1H3,(H2,22,26)(H,23,29)/t12-,14+,15+,20-/m1/s1. The van der Waals surface area contributed by atoms with Gasteiger partial charge >= 0.3 is 0 Å². The fraction of sp³-hybridized carbons (Fsp3) is 0.500. The molecule has 1 aromatic carbocycles. The zero-order chi connectivity index (χ0) is 20.9. The molecule has 8 nitrogen and oxygen atoms in total. The predicted molar refractivity (Wildman–Crippen MR) is 106 cm³/mol. The Morgan fingerprint density at radius 3 is 2.72 bits per heavy atom. The Labute approximate surface area is 173 Å². The monoisotopic (exact) mass is 418 g/mol. The topological polar surface area (TPSA) is 122 Å². The molecule has 0 aliphatic carbocycles. The van der Waals surface area contributed by atoms with E-state index in [-0.39, 0.29) is 24.7 Å². The number of nitrogens with zero attached hydrogens (tertiary/aromatic N) is 1. The summed E-state index contributed by atoms with van der Waals surface area (Å²) >= 11 is 6.27. The molecule has 154 valence electrons. The van der Waals surface area contributed by atoms with Gasteiger partial charge in [-0.3, -0.25) is 29.4 Å². The van der Waals surface area contributed by atoms with Crippen molar-refractivity contribution in [1.29, 1.82) is 0 Å². The van der Waals surface area contributed by atoms with Gasteiger partial charge in [-0.05, 0) is 18.9 Å². The van der Waals surface area contributed by atoms with Crippen molar-refractivity contribution in [2.45, 2.75) is 44.2 Å². The maximum absolute atomic E-state index is 13.3. The first-order valence-electron chi connectivity index (χ1n) is 9.84. The largest absolute Gasteiger partial charge is 0.370 e. The number of rotatable bonds is 6. The van der Waals surface area contributed by atoms with Crippen LogP contribution in [0.25, 0.3) is 0 Å². The lowest BCUT2D eigenvalue weighted by atomic mass is 9.76. The van der Waals surface area contributed by atoms with Crippen LogP contribution in [0, 0.1) is 11.8 Å². The maximum Gasteiger partial charge on any atom is 0.250 e. The number of halogens is 1. The number of likely N-dealkylation sites (tertiary alicyclic amines) is 1. The first kappa shape index (κ1) is 19.8. The number of primary amides is 1. The third-order valence-electron chi connectivity index (χ3n) is 6.23. The number of benzene rings is 1. The van der Waals surface area contributed by atoms with Crippen molar-refractivity contribution < 1.29 is 19.2 Å². The van der Waals surface area contributed by atoms with Crippen molar-refractivity contribution in [3.8, 4) is 0 Å². The van der Waals surface area contributed by atoms with Gasteiger partial charge in [0, 0.05) is 24.6 Å². The van der Waals surface area contributed by atoms with Crippen LogP contribution in [0.5, 0.6) is 0 Å². The Kier molecular flexibility index (Phi) is 4.86. The summed E-state index contributed by atoms with van der Waals surface area (Å²) in [5, 5.41) is 6.40. The van der Waals surface area contributed by atoms with Crippen molar-refractivity contribution >= 4 is 40.9 Å². The molecule has 3 heterocycles. The van der Waals surface area contributed by atoms with E-state index in [0.717, 1.165) is 6.42 Å². The smallest absolute Gasteiger partial charge is 0.250 e. The molecule has 0 bridgehead atoms. The fourth-order valence-electron chi connectivity index (χ4n) is 4.94. The lowest BCUT2D eigenvalue weighted by molar-refractivity contribution is -0.143. The number of hydrogen-bond acceptors (Lipinski definition) is 5. The van der Waals surface area contributed by atoms with E-state index < -0.39 is 35.2 Å². The first-order valence-corrected chi connectivity index (χ1v) is 10.2. The molecule has 0 saturated carbocycles. The average Bonchev–Trinajstić information content (AvgIpc) is 3.25. The molecule has 29 heavy (non-hydrogen) atoms. The Morgan fingerprint density at radius 1 is 1.28 bits per heavy atom. The third-order valence-corrected chi connectivity index (χ3v) is 6.54. The van der Waals surface area contributed by atoms with Gasteiger partial charge in [0.25, 0.3) is 0 Å². The molecule has 2 saturated heterocycles. The van der Waals surface area contributed by atoms with Gasteiger partial charge in [-0.15, -0.1) is 0 Å². The Hall–Kier alpha value is -2.45. The van der Waals surface area contributed by atoms with Crippen molar-refractivity contribution in [2.75, 3.05) is 11.9 Å². The molecule has 9 heteroatoms. The van der Waals surface area contributed by atoms with Crippen LogP contribution in [0.2, 0.25) is 5.02 Å². The lowest BCUT2D eigenvalue weighted by Gasteiger charge is -2.29. The minimum absolute atomic E-state index is 0.0530. The van der Waals surface area contributed by atoms with Crippen LogP contribution in [0.3, 0.4) is 0 Å². The van der Waals surface area contributed by atoms with E-state index in [4.69, 9.17) is 17.3 Å². The Balaban J connectivity index is 1.81. The molecule has 4 N–H and O–H groups in total. The number of unbranched alkanes of at least 4 members (excludes halogenated alkanes) is 1. The number of carbonyl (C=O) groups is 4. The number of carbonyl (C=O) groups excluding carboxylic acids is 4. The second-order valence-corrected chi connectivity index (χ2v) is 8.27. The van der Waals surface area contributed by atoms with Crippen LogP contribution in [0.1, 0.15) is 38.2 Å². The summed E-state index contributed by atoms with van der Waals surface area (Å²) in [6.45, 7) is 2.30. The number of hydrogen-bond donors (Lipinski definition) is 3. The van der Waals surface area contributed by atoms with Gasteiger partial charge in [0.2, 0.25) is 23.6 Å². The zero-order valence-corrected chi connectivity index (χ0v) is 16.8. The summed E-state index contributed by atoms with van der Waals surface area (Å²) < 4.78 is 0. The summed E-state index contributed by atoms with van der Waals surface area (Å²) in [7, 11) is 0. The number of para-hydroxylation sites is 1. The summed E-state index contributed by atoms with van der Waals surface area (Å²) in [6.07, 6.45) is 1.84. The van der Waals surface area contributed by atoms with E-state index in [9.17, 15) is 19.2 Å². The maximum atomic E-state index is 13.3. The zero-order valence-electron chi connectivity index (χ0n) is 16.0. The summed E-state index contributed by atoms with van der Waals surface area (Å²) in [6, 6.07) is 4.59. The number of anilines is 1. The molecule has 0 radical (unpaired) electrons. The highest BCUT2D eigenvalue weighted by Crippen LogP contribution is 2.54. The van der Waals surface area contributed by atoms with Gasteiger partial charge in [0.15, 0.2) is 0 Å². The van der Waals surface area contributed by atoms with Crippen molar-refractivity contribution in [3.63, 3.8) is 0 Å². The fourth-order valence-corrected chi connectivity index (χ4v) is 5.16. The first-order chi connectivity index (χ1) is 13.8. The Bertz CT molecular complexity index is 920. The lowest BCUT2D eigenvalue weighted by Crippen LogP contribution is -2.53. The second kappa shape index (κ2) is 7.11. The highest BCUT2D eigenvalue weighted by atomic mass is 35.5. The summed E-state index contributed by atoms with van der Waals surface area (Å²) in [5.41, 5.74) is 4.93. The second-order valence-electron chi connectivity index (χ2n) is 7.87. The molecule has 3 aliphatic heterocycles. The predicted octanol–water partition coefficient (Wildman–Crippen LogP) is 1.13. The Morgan fingerprint density at radius 2 is 2.03 bits per heavy atom. The van der Waals surface area contributed by atoms with Crippen LogP contribution in [-0.2, 0) is 24.7 Å². The highest BCUT2D eigenvalue weighted by molar-refractivity contribution is 6.35. The number of nitrogens with one attached hydrogen (secondary N) is 2. The normalized spacial score (nSPS) is 30.1. The van der Waals surface area contributed by atoms with Gasteiger partial charge in [0.05, 0.1) is 22.5 Å². The minimum atomic E-state index is -1.39. The third kappa shape index (κ3) is 2.77. The number of fused-ring (bicyclic) bond motifs is 4. The van der Waals surface area contributed by atoms with Gasteiger partial charge in [0.1, 0.15) is 5.54 Å². The molecule has 4 atom stereocenters.